The van der Waals surface area contributed by atoms with E-state index in [-0.39, 0.29) is 22.4 Å². The molecule has 0 aliphatic rings. The summed E-state index contributed by atoms with van der Waals surface area (Å²) in [6, 6.07) is 0. The summed E-state index contributed by atoms with van der Waals surface area (Å²) in [6.07, 6.45) is 0. The summed E-state index contributed by atoms with van der Waals surface area (Å²) in [5.41, 5.74) is 0. The van der Waals surface area contributed by atoms with Gasteiger partial charge < -0.3 is 5.21 Å². The molecule has 0 aliphatic carbocycles. The van der Waals surface area contributed by atoms with Crippen LogP contribution in [0.4, 0.5) is 0 Å². The van der Waals surface area contributed by atoms with Crippen LogP contribution in [0.15, 0.2) is 0 Å². The molecule has 0 heterocycles. The van der Waals surface area contributed by atoms with Gasteiger partial charge in [0.05, 0.1) is 0 Å². The monoisotopic (exact) mass is 240 g/mol. The van der Waals surface area contributed by atoms with Crippen LogP contribution in [0.25, 0.3) is 5.01 Å². The van der Waals surface area contributed by atoms with Gasteiger partial charge >= 0.3 is 0 Å². The number of hydrogen-bond acceptors (Lipinski definition) is 1. The van der Waals surface area contributed by atoms with Gasteiger partial charge in [-0.1, -0.05) is 0 Å². The van der Waals surface area contributed by atoms with Crippen LogP contribution < -0.4 is 0 Å². The third kappa shape index (κ3) is 2350. The summed E-state index contributed by atoms with van der Waals surface area (Å²) in [5, 5.41) is 10.1. The average molecular weight is 240 g/mol. The maximum Gasteiger partial charge on any atom is 0.283 e. The topological polar surface area (TPSA) is 27.4 Å². The van der Waals surface area contributed by atoms with Crippen molar-refractivity contribution in [3.8, 4) is 6.57 Å². The van der Waals surface area contributed by atoms with Crippen LogP contribution in [-0.4, -0.2) is 0 Å². The Kier molecular flexibility index (Phi) is 26.4. The standard InChI is InChI=1S/CHNO.Au/c1-2-3;/h1H;. The first-order chi connectivity index (χ1) is 1.41. The smallest absolute Gasteiger partial charge is 0.283 e. The molecule has 4 heavy (non-hydrogen) atoms. The molecule has 0 saturated carbocycles. The van der Waals surface area contributed by atoms with Crippen LogP contribution in [0.2, 0.25) is 0 Å². The van der Waals surface area contributed by atoms with Gasteiger partial charge in [-0.2, -0.15) is 0 Å². The molecule has 0 bridgehead atoms. The van der Waals surface area contributed by atoms with Gasteiger partial charge in [-0.3, -0.25) is 0 Å². The molecule has 0 N–H and O–H groups in total. The molecule has 0 aromatic carbocycles. The quantitative estimate of drug-likeness (QED) is 0.446. The van der Waals surface area contributed by atoms with E-state index in [2.05, 4.69) is 6.57 Å². The zero-order valence-electron chi connectivity index (χ0n) is 1.73. The predicted molar refractivity (Wildman–Crippen MR) is 11.7 cm³/mol. The summed E-state index contributed by atoms with van der Waals surface area (Å²) in [5.74, 6) is 0. The Morgan fingerprint density at radius 2 is 1.75 bits per heavy atom. The molecule has 0 atom stereocenters. The fourth-order valence-electron chi connectivity index (χ4n) is 0. The summed E-state index contributed by atoms with van der Waals surface area (Å²) in [7, 11) is 0. The van der Waals surface area contributed by atoms with Crippen molar-refractivity contribution in [2.75, 3.05) is 0 Å². The van der Waals surface area contributed by atoms with Crippen molar-refractivity contribution in [2.45, 2.75) is 0 Å². The molecule has 0 rings (SSSR count). The minimum absolute atomic E-state index is 0. The third-order valence-corrected chi connectivity index (χ3v) is 0. The van der Waals surface area contributed by atoms with E-state index in [4.69, 9.17) is 5.21 Å². The molecule has 3 heteroatoms. The molecular weight excluding hydrogens is 239 g/mol. The van der Waals surface area contributed by atoms with E-state index < -0.39 is 0 Å². The zero-order valence-corrected chi connectivity index (χ0v) is 3.90. The first-order valence-corrected chi connectivity index (χ1v) is 0.441. The van der Waals surface area contributed by atoms with Crippen molar-refractivity contribution in [1.29, 1.82) is 0 Å². The second kappa shape index (κ2) is 11.8. The van der Waals surface area contributed by atoms with Gasteiger partial charge in [-0.05, 0) is 5.01 Å². The van der Waals surface area contributed by atoms with E-state index in [9.17, 15) is 0 Å². The van der Waals surface area contributed by atoms with Gasteiger partial charge in [0.1, 0.15) is 0 Å². The molecular formula is CHAuNO. The Labute approximate surface area is 39.7 Å². The average Bonchev–Trinajstić information content (AvgIpc) is 0.918. The van der Waals surface area contributed by atoms with Gasteiger partial charge in [0.15, 0.2) is 0 Å². The molecule has 27 valence electrons. The van der Waals surface area contributed by atoms with Gasteiger partial charge in [0.2, 0.25) is 0 Å². The summed E-state index contributed by atoms with van der Waals surface area (Å²) in [6.45, 7) is 3.92. The van der Waals surface area contributed by atoms with Gasteiger partial charge in [0.25, 0.3) is 6.57 Å². The Balaban J connectivity index is 0. The Hall–Kier alpha value is 0.0303. The SMILES string of the molecule is C#[N+][O-].[Au]. The minimum atomic E-state index is 0. The molecule has 0 aromatic heterocycles. The first-order valence-electron chi connectivity index (χ1n) is 0.441. The summed E-state index contributed by atoms with van der Waals surface area (Å²) in [4.78, 5) is 0. The Morgan fingerprint density at radius 3 is 1.75 bits per heavy atom. The van der Waals surface area contributed by atoms with E-state index in [1.807, 2.05) is 0 Å². The Morgan fingerprint density at radius 1 is 1.75 bits per heavy atom. The summed E-state index contributed by atoms with van der Waals surface area (Å²) < 4.78 is 0. The first kappa shape index (κ1) is 8.98. The largest absolute Gasteiger partial charge is 0.499 e. The molecule has 0 spiro atoms. The molecule has 0 unspecified atom stereocenters. The number of nitrogens with zero attached hydrogens (tertiary/aromatic N) is 1. The number of hydrogen-bond donors (Lipinski definition) is 0. The molecule has 0 amide bonds. The van der Waals surface area contributed by atoms with Crippen molar-refractivity contribution < 1.29 is 22.4 Å². The Bertz CT molecular complexity index is 29.5. The maximum absolute atomic E-state index is 8.33. The zero-order chi connectivity index (χ0) is 2.71. The van der Waals surface area contributed by atoms with Crippen LogP contribution in [0.5, 0.6) is 0 Å². The molecule has 0 aromatic rings. The molecule has 2 nitrogen and oxygen atoms in total. The van der Waals surface area contributed by atoms with Crippen molar-refractivity contribution in [3.05, 3.63) is 10.2 Å². The fourth-order valence-corrected chi connectivity index (χ4v) is 0. The normalized spacial score (nSPS) is 1.75. The second-order valence-electron chi connectivity index (χ2n) is 0.105. The van der Waals surface area contributed by atoms with Crippen molar-refractivity contribution >= 4 is 0 Å². The van der Waals surface area contributed by atoms with E-state index in [1.165, 1.54) is 0 Å². The summed E-state index contributed by atoms with van der Waals surface area (Å²) >= 11 is 0. The van der Waals surface area contributed by atoms with Gasteiger partial charge in [-0.25, -0.2) is 0 Å². The van der Waals surface area contributed by atoms with Crippen LogP contribution >= 0.6 is 0 Å². The molecule has 0 saturated heterocycles. The molecule has 0 fully saturated rings. The van der Waals surface area contributed by atoms with Gasteiger partial charge in [-0.15, -0.1) is 0 Å². The minimum Gasteiger partial charge on any atom is -0.499 e. The van der Waals surface area contributed by atoms with Crippen LogP contribution in [0.3, 0.4) is 0 Å². The van der Waals surface area contributed by atoms with E-state index in [1.54, 1.807) is 5.01 Å². The van der Waals surface area contributed by atoms with Crippen LogP contribution in [0.1, 0.15) is 0 Å². The van der Waals surface area contributed by atoms with Gasteiger partial charge in [0, 0.05) is 22.4 Å². The van der Waals surface area contributed by atoms with Crippen molar-refractivity contribution in [1.82, 2.24) is 0 Å². The van der Waals surface area contributed by atoms with Crippen molar-refractivity contribution in [3.63, 3.8) is 0 Å². The van der Waals surface area contributed by atoms with Crippen LogP contribution in [-0.2, 0) is 22.4 Å². The molecule has 1 radical (unpaired) electrons. The van der Waals surface area contributed by atoms with Crippen molar-refractivity contribution in [2.24, 2.45) is 0 Å². The molecule has 0 aliphatic heterocycles. The number of rotatable bonds is 0. The van der Waals surface area contributed by atoms with Crippen LogP contribution in [0, 0.1) is 11.8 Å². The van der Waals surface area contributed by atoms with E-state index in [0.717, 1.165) is 0 Å². The second-order valence-corrected chi connectivity index (χ2v) is 0.105. The van der Waals surface area contributed by atoms with E-state index in [0.29, 0.717) is 0 Å². The fraction of sp³-hybridized carbons (Fsp3) is 0. The maximum atomic E-state index is 8.33. The van der Waals surface area contributed by atoms with E-state index >= 15 is 0 Å². The predicted octanol–water partition coefficient (Wildman–Crippen LogP) is 0.444. The third-order valence-electron chi connectivity index (χ3n) is 0.